The van der Waals surface area contributed by atoms with E-state index in [1.165, 1.54) is 0 Å². The molecule has 2 N–H and O–H groups in total. The van der Waals surface area contributed by atoms with Crippen LogP contribution in [0.5, 0.6) is 0 Å². The highest BCUT2D eigenvalue weighted by molar-refractivity contribution is 9.11. The molecule has 2 rings (SSSR count). The molecule has 17 heavy (non-hydrogen) atoms. The molecule has 1 aliphatic rings. The molecule has 0 spiro atoms. The van der Waals surface area contributed by atoms with Crippen LogP contribution in [-0.2, 0) is 4.79 Å². The Hall–Kier alpha value is -0.390. The van der Waals surface area contributed by atoms with Gasteiger partial charge in [0, 0.05) is 21.9 Å². The van der Waals surface area contributed by atoms with Crippen LogP contribution < -0.4 is 10.6 Å². The van der Waals surface area contributed by atoms with Crippen molar-refractivity contribution in [2.45, 2.75) is 13.3 Å². The van der Waals surface area contributed by atoms with Gasteiger partial charge in [-0.2, -0.15) is 0 Å². The van der Waals surface area contributed by atoms with E-state index in [1.54, 1.807) is 0 Å². The molecule has 1 atom stereocenters. The molecule has 0 aromatic heterocycles. The number of halogens is 2. The van der Waals surface area contributed by atoms with Crippen molar-refractivity contribution in [2.24, 2.45) is 11.7 Å². The molecule has 1 aliphatic heterocycles. The fourth-order valence-corrected chi connectivity index (χ4v) is 3.95. The Morgan fingerprint density at radius 2 is 2.00 bits per heavy atom. The van der Waals surface area contributed by atoms with Gasteiger partial charge in [0.15, 0.2) is 0 Å². The molecule has 0 radical (unpaired) electrons. The molecule has 1 fully saturated rings. The Kier molecular flexibility index (Phi) is 3.90. The van der Waals surface area contributed by atoms with Gasteiger partial charge < -0.3 is 10.6 Å². The van der Waals surface area contributed by atoms with Crippen molar-refractivity contribution in [3.63, 3.8) is 0 Å². The quantitative estimate of drug-likeness (QED) is 0.880. The van der Waals surface area contributed by atoms with Gasteiger partial charge in [0.05, 0.1) is 5.69 Å². The van der Waals surface area contributed by atoms with E-state index in [2.05, 4.69) is 31.9 Å². The first-order valence-electron chi connectivity index (χ1n) is 5.49. The van der Waals surface area contributed by atoms with Gasteiger partial charge in [0.1, 0.15) is 0 Å². The molecule has 0 aliphatic carbocycles. The lowest BCUT2D eigenvalue weighted by Gasteiger charge is -2.20. The van der Waals surface area contributed by atoms with E-state index in [1.807, 2.05) is 24.0 Å². The van der Waals surface area contributed by atoms with Crippen LogP contribution in [0.25, 0.3) is 0 Å². The lowest BCUT2D eigenvalue weighted by Crippen LogP contribution is -2.26. The highest BCUT2D eigenvalue weighted by Crippen LogP contribution is 2.38. The first-order chi connectivity index (χ1) is 8.02. The van der Waals surface area contributed by atoms with Crippen molar-refractivity contribution >= 4 is 43.5 Å². The monoisotopic (exact) mass is 360 g/mol. The van der Waals surface area contributed by atoms with Crippen molar-refractivity contribution in [1.82, 2.24) is 0 Å². The highest BCUT2D eigenvalue weighted by atomic mass is 79.9. The average molecular weight is 362 g/mol. The molecule has 1 amide bonds. The highest BCUT2D eigenvalue weighted by Gasteiger charge is 2.31. The molecule has 1 aromatic carbocycles. The smallest absolute Gasteiger partial charge is 0.227 e. The zero-order valence-corrected chi connectivity index (χ0v) is 12.7. The van der Waals surface area contributed by atoms with Crippen LogP contribution in [0.3, 0.4) is 0 Å². The summed E-state index contributed by atoms with van der Waals surface area (Å²) < 4.78 is 1.88. The summed E-state index contributed by atoms with van der Waals surface area (Å²) in [4.78, 5) is 13.8. The van der Waals surface area contributed by atoms with Crippen molar-refractivity contribution in [3.05, 3.63) is 26.6 Å². The third-order valence-electron chi connectivity index (χ3n) is 2.97. The van der Waals surface area contributed by atoms with E-state index in [-0.39, 0.29) is 11.8 Å². The molecule has 1 aromatic rings. The molecular formula is C12H14Br2N2O. The number of hydrogen-bond acceptors (Lipinski definition) is 2. The molecule has 1 saturated heterocycles. The molecule has 3 nitrogen and oxygen atoms in total. The number of nitrogens with two attached hydrogens (primary N) is 1. The fourth-order valence-electron chi connectivity index (χ4n) is 2.11. The van der Waals surface area contributed by atoms with Crippen molar-refractivity contribution in [2.75, 3.05) is 18.0 Å². The molecule has 1 heterocycles. The summed E-state index contributed by atoms with van der Waals surface area (Å²) in [6.45, 7) is 3.28. The molecule has 5 heteroatoms. The third kappa shape index (κ3) is 2.56. The van der Waals surface area contributed by atoms with Crippen molar-refractivity contribution in [1.29, 1.82) is 0 Å². The zero-order valence-electron chi connectivity index (χ0n) is 9.54. The maximum Gasteiger partial charge on any atom is 0.227 e. The number of rotatable bonds is 2. The summed E-state index contributed by atoms with van der Waals surface area (Å²) in [6.07, 6.45) is 0.545. The average Bonchev–Trinajstić information content (AvgIpc) is 2.59. The van der Waals surface area contributed by atoms with Gasteiger partial charge in [-0.25, -0.2) is 0 Å². The van der Waals surface area contributed by atoms with E-state index in [0.29, 0.717) is 19.5 Å². The van der Waals surface area contributed by atoms with Gasteiger partial charge in [0.25, 0.3) is 0 Å². The number of hydrogen-bond donors (Lipinski definition) is 1. The van der Waals surface area contributed by atoms with Crippen LogP contribution >= 0.6 is 31.9 Å². The zero-order chi connectivity index (χ0) is 12.6. The number of aryl methyl sites for hydroxylation is 1. The van der Waals surface area contributed by atoms with Gasteiger partial charge in [-0.05, 0) is 68.9 Å². The van der Waals surface area contributed by atoms with Crippen LogP contribution in [0, 0.1) is 12.8 Å². The van der Waals surface area contributed by atoms with Gasteiger partial charge in [-0.15, -0.1) is 0 Å². The Labute approximate surface area is 118 Å². The van der Waals surface area contributed by atoms with Crippen LogP contribution in [0.1, 0.15) is 12.0 Å². The molecule has 92 valence electrons. The standard InChI is InChI=1S/C12H14Br2N2O/c1-7-2-9(13)12(10(14)3-7)16-6-8(5-15)4-11(16)17/h2-3,8H,4-6,15H2,1H3. The van der Waals surface area contributed by atoms with Crippen LogP contribution in [0.4, 0.5) is 5.69 Å². The van der Waals surface area contributed by atoms with E-state index < -0.39 is 0 Å². The van der Waals surface area contributed by atoms with Gasteiger partial charge in [-0.3, -0.25) is 4.79 Å². The summed E-state index contributed by atoms with van der Waals surface area (Å²) in [5, 5.41) is 0. The first-order valence-corrected chi connectivity index (χ1v) is 7.07. The Morgan fingerprint density at radius 3 is 2.47 bits per heavy atom. The number of anilines is 1. The number of benzene rings is 1. The van der Waals surface area contributed by atoms with E-state index in [9.17, 15) is 4.79 Å². The van der Waals surface area contributed by atoms with E-state index >= 15 is 0 Å². The summed E-state index contributed by atoms with van der Waals surface area (Å²) in [7, 11) is 0. The van der Waals surface area contributed by atoms with Gasteiger partial charge in [-0.1, -0.05) is 0 Å². The molecule has 1 unspecified atom stereocenters. The van der Waals surface area contributed by atoms with Crippen LogP contribution in [0.2, 0.25) is 0 Å². The third-order valence-corrected chi connectivity index (χ3v) is 4.18. The lowest BCUT2D eigenvalue weighted by molar-refractivity contribution is -0.117. The van der Waals surface area contributed by atoms with E-state index in [4.69, 9.17) is 5.73 Å². The maximum absolute atomic E-state index is 12.0. The van der Waals surface area contributed by atoms with Crippen molar-refractivity contribution < 1.29 is 4.79 Å². The minimum atomic E-state index is 0.144. The summed E-state index contributed by atoms with van der Waals surface area (Å²) in [5.74, 6) is 0.410. The minimum Gasteiger partial charge on any atom is -0.330 e. The Morgan fingerprint density at radius 1 is 1.41 bits per heavy atom. The summed E-state index contributed by atoms with van der Waals surface area (Å²) in [5.41, 5.74) is 7.70. The number of amides is 1. The predicted octanol–water partition coefficient (Wildman–Crippen LogP) is 2.83. The van der Waals surface area contributed by atoms with Gasteiger partial charge in [0.2, 0.25) is 5.91 Å². The van der Waals surface area contributed by atoms with Crippen molar-refractivity contribution in [3.8, 4) is 0 Å². The summed E-state index contributed by atoms with van der Waals surface area (Å²) in [6, 6.07) is 4.03. The number of nitrogens with zero attached hydrogens (tertiary/aromatic N) is 1. The molecular weight excluding hydrogens is 348 g/mol. The SMILES string of the molecule is Cc1cc(Br)c(N2CC(CN)CC2=O)c(Br)c1. The molecule has 0 saturated carbocycles. The summed E-state index contributed by atoms with van der Waals surface area (Å²) >= 11 is 7.04. The normalized spacial score (nSPS) is 20.1. The van der Waals surface area contributed by atoms with Crippen LogP contribution in [-0.4, -0.2) is 19.0 Å². The molecule has 0 bridgehead atoms. The minimum absolute atomic E-state index is 0.144. The van der Waals surface area contributed by atoms with E-state index in [0.717, 1.165) is 20.2 Å². The second kappa shape index (κ2) is 5.08. The largest absolute Gasteiger partial charge is 0.330 e. The fraction of sp³-hybridized carbons (Fsp3) is 0.417. The number of carbonyl (C=O) groups is 1. The Balaban J connectivity index is 2.38. The topological polar surface area (TPSA) is 46.3 Å². The predicted molar refractivity (Wildman–Crippen MR) is 76.1 cm³/mol. The second-order valence-electron chi connectivity index (χ2n) is 4.39. The van der Waals surface area contributed by atoms with Crippen LogP contribution in [0.15, 0.2) is 21.1 Å². The van der Waals surface area contributed by atoms with Gasteiger partial charge >= 0.3 is 0 Å². The maximum atomic E-state index is 12.0. The second-order valence-corrected chi connectivity index (χ2v) is 6.10. The first kappa shape index (κ1) is 13.1. The lowest BCUT2D eigenvalue weighted by atomic mass is 10.1. The Bertz CT molecular complexity index is 439. The number of carbonyl (C=O) groups excluding carboxylic acids is 1.